The minimum absolute atomic E-state index is 0.0677. The zero-order valence-electron chi connectivity index (χ0n) is 20.8. The summed E-state index contributed by atoms with van der Waals surface area (Å²) in [4.78, 5) is 30.9. The van der Waals surface area contributed by atoms with E-state index < -0.39 is 17.4 Å². The molecule has 9 nitrogen and oxygen atoms in total. The third-order valence-electron chi connectivity index (χ3n) is 5.86. The van der Waals surface area contributed by atoms with Gasteiger partial charge in [-0.2, -0.15) is 0 Å². The van der Waals surface area contributed by atoms with Gasteiger partial charge in [0, 0.05) is 20.2 Å². The topological polar surface area (TPSA) is 101 Å². The summed E-state index contributed by atoms with van der Waals surface area (Å²) in [6.07, 6.45) is 0.481. The van der Waals surface area contributed by atoms with Crippen LogP contribution >= 0.6 is 0 Å². The summed E-state index contributed by atoms with van der Waals surface area (Å²) in [5.74, 6) is 0.750. The molecule has 0 spiro atoms. The van der Waals surface area contributed by atoms with Crippen LogP contribution in [0.5, 0.6) is 5.75 Å². The first kappa shape index (κ1) is 25.4. The number of ether oxygens (including phenoxy) is 2. The number of aliphatic hydroxyl groups excluding tert-OH is 1. The van der Waals surface area contributed by atoms with Gasteiger partial charge in [0.25, 0.3) is 5.56 Å². The number of nitrogens with zero attached hydrogens (tertiary/aromatic N) is 4. The molecule has 0 bridgehead atoms. The molecule has 0 aliphatic carbocycles. The summed E-state index contributed by atoms with van der Waals surface area (Å²) in [6.45, 7) is 4.94. The van der Waals surface area contributed by atoms with Crippen molar-refractivity contribution in [2.45, 2.75) is 39.6 Å². The van der Waals surface area contributed by atoms with Gasteiger partial charge < -0.3 is 19.1 Å². The second-order valence-corrected chi connectivity index (χ2v) is 9.16. The first-order valence-electron chi connectivity index (χ1n) is 12.0. The van der Waals surface area contributed by atoms with Gasteiger partial charge in [0.2, 0.25) is 0 Å². The standard InChI is InChI=1S/C27H32N4O5/c1-19(2)15-30-25-24(29(18-28-25)13-14-35-3)26(33)31(27(30)34)16-22(32)17-36-23-11-9-21(10-12-23)20-7-5-4-6-8-20/h4-12,18-19,22,32H,13-17H2,1-3H3. The molecule has 0 saturated heterocycles. The van der Waals surface area contributed by atoms with Crippen LogP contribution in [0.3, 0.4) is 0 Å². The van der Waals surface area contributed by atoms with Gasteiger partial charge >= 0.3 is 5.69 Å². The molecule has 4 aromatic rings. The van der Waals surface area contributed by atoms with E-state index in [0.717, 1.165) is 15.7 Å². The van der Waals surface area contributed by atoms with Crippen LogP contribution in [0.2, 0.25) is 0 Å². The molecule has 190 valence electrons. The van der Waals surface area contributed by atoms with E-state index in [9.17, 15) is 14.7 Å². The molecule has 2 aromatic heterocycles. The highest BCUT2D eigenvalue weighted by molar-refractivity contribution is 5.70. The lowest BCUT2D eigenvalue weighted by molar-refractivity contribution is 0.0901. The maximum Gasteiger partial charge on any atom is 0.332 e. The Morgan fingerprint density at radius 1 is 0.944 bits per heavy atom. The van der Waals surface area contributed by atoms with Crippen LogP contribution < -0.4 is 16.0 Å². The van der Waals surface area contributed by atoms with Crippen molar-refractivity contribution in [3.8, 4) is 16.9 Å². The van der Waals surface area contributed by atoms with Crippen LogP contribution in [-0.4, -0.2) is 50.2 Å². The van der Waals surface area contributed by atoms with Gasteiger partial charge in [0.05, 0.1) is 19.5 Å². The number of fused-ring (bicyclic) bond motifs is 1. The average molecular weight is 493 g/mol. The molecule has 1 unspecified atom stereocenters. The lowest BCUT2D eigenvalue weighted by Crippen LogP contribution is -2.44. The number of aliphatic hydroxyl groups is 1. The third kappa shape index (κ3) is 5.58. The maximum absolute atomic E-state index is 13.3. The number of benzene rings is 2. The molecule has 1 N–H and O–H groups in total. The zero-order valence-corrected chi connectivity index (χ0v) is 20.8. The Morgan fingerprint density at radius 3 is 2.31 bits per heavy atom. The van der Waals surface area contributed by atoms with Gasteiger partial charge in [0.15, 0.2) is 11.2 Å². The van der Waals surface area contributed by atoms with Gasteiger partial charge in [-0.3, -0.25) is 13.9 Å². The fraction of sp³-hybridized carbons (Fsp3) is 0.370. The van der Waals surface area contributed by atoms with Gasteiger partial charge in [-0.25, -0.2) is 9.78 Å². The lowest BCUT2D eigenvalue weighted by atomic mass is 10.1. The molecule has 0 amide bonds. The smallest absolute Gasteiger partial charge is 0.332 e. The molecular formula is C27H32N4O5. The molecule has 0 radical (unpaired) electrons. The Balaban J connectivity index is 1.54. The van der Waals surface area contributed by atoms with Crippen LogP contribution in [0.1, 0.15) is 13.8 Å². The number of aromatic nitrogens is 4. The molecule has 1 atom stereocenters. The second kappa shape index (κ2) is 11.4. The number of rotatable bonds is 11. The maximum atomic E-state index is 13.3. The Morgan fingerprint density at radius 2 is 1.64 bits per heavy atom. The molecule has 0 aliphatic heterocycles. The summed E-state index contributed by atoms with van der Waals surface area (Å²) < 4.78 is 15.1. The van der Waals surface area contributed by atoms with Gasteiger partial charge in [-0.15, -0.1) is 0 Å². The van der Waals surface area contributed by atoms with Crippen molar-refractivity contribution in [2.75, 3.05) is 20.3 Å². The molecule has 2 aromatic carbocycles. The van der Waals surface area contributed by atoms with E-state index >= 15 is 0 Å². The molecule has 4 rings (SSSR count). The molecule has 0 fully saturated rings. The van der Waals surface area contributed by atoms with Gasteiger partial charge in [-0.05, 0) is 29.2 Å². The minimum Gasteiger partial charge on any atom is -0.491 e. The van der Waals surface area contributed by atoms with E-state index in [0.29, 0.717) is 36.6 Å². The Bertz CT molecular complexity index is 1400. The highest BCUT2D eigenvalue weighted by atomic mass is 16.5. The summed E-state index contributed by atoms with van der Waals surface area (Å²) in [6, 6.07) is 17.5. The van der Waals surface area contributed by atoms with Gasteiger partial charge in [0.1, 0.15) is 18.5 Å². The molecular weight excluding hydrogens is 460 g/mol. The monoisotopic (exact) mass is 492 g/mol. The summed E-state index contributed by atoms with van der Waals surface area (Å²) in [7, 11) is 1.58. The van der Waals surface area contributed by atoms with Crippen molar-refractivity contribution in [3.63, 3.8) is 0 Å². The van der Waals surface area contributed by atoms with Crippen LogP contribution in [0.4, 0.5) is 0 Å². The Kier molecular flexibility index (Phi) is 8.02. The first-order valence-corrected chi connectivity index (χ1v) is 12.0. The van der Waals surface area contributed by atoms with Crippen LogP contribution in [0, 0.1) is 5.92 Å². The second-order valence-electron chi connectivity index (χ2n) is 9.16. The molecule has 0 aliphatic rings. The van der Waals surface area contributed by atoms with Crippen molar-refractivity contribution in [3.05, 3.63) is 81.8 Å². The Labute approximate surface area is 209 Å². The normalized spacial score (nSPS) is 12.4. The van der Waals surface area contributed by atoms with E-state index in [4.69, 9.17) is 9.47 Å². The van der Waals surface area contributed by atoms with Crippen molar-refractivity contribution in [2.24, 2.45) is 5.92 Å². The molecule has 36 heavy (non-hydrogen) atoms. The fourth-order valence-corrected chi connectivity index (χ4v) is 4.12. The highest BCUT2D eigenvalue weighted by Gasteiger charge is 2.20. The predicted octanol–water partition coefficient (Wildman–Crippen LogP) is 2.77. The lowest BCUT2D eigenvalue weighted by Gasteiger charge is -2.17. The first-order chi connectivity index (χ1) is 17.4. The van der Waals surface area contributed by atoms with Crippen molar-refractivity contribution >= 4 is 11.2 Å². The van der Waals surface area contributed by atoms with E-state index in [2.05, 4.69) is 4.98 Å². The van der Waals surface area contributed by atoms with E-state index in [1.165, 1.54) is 4.57 Å². The van der Waals surface area contributed by atoms with E-state index in [-0.39, 0.29) is 19.1 Å². The largest absolute Gasteiger partial charge is 0.491 e. The van der Waals surface area contributed by atoms with Crippen LogP contribution in [0.25, 0.3) is 22.3 Å². The summed E-state index contributed by atoms with van der Waals surface area (Å²) in [5.41, 5.74) is 1.83. The van der Waals surface area contributed by atoms with Crippen molar-refractivity contribution in [1.29, 1.82) is 0 Å². The predicted molar refractivity (Wildman–Crippen MR) is 138 cm³/mol. The molecule has 0 saturated carbocycles. The zero-order chi connectivity index (χ0) is 25.7. The van der Waals surface area contributed by atoms with Crippen molar-refractivity contribution in [1.82, 2.24) is 18.7 Å². The summed E-state index contributed by atoms with van der Waals surface area (Å²) >= 11 is 0. The summed E-state index contributed by atoms with van der Waals surface area (Å²) in [5, 5.41) is 10.7. The molecule has 9 heteroatoms. The van der Waals surface area contributed by atoms with Gasteiger partial charge in [-0.1, -0.05) is 56.3 Å². The van der Waals surface area contributed by atoms with Crippen LogP contribution in [-0.2, 0) is 24.4 Å². The SMILES string of the molecule is COCCn1cnc2c1c(=O)n(CC(O)COc1ccc(-c3ccccc3)cc1)c(=O)n2CC(C)C. The number of methoxy groups -OCH3 is 1. The quantitative estimate of drug-likeness (QED) is 0.346. The average Bonchev–Trinajstić information content (AvgIpc) is 3.31. The van der Waals surface area contributed by atoms with E-state index in [1.807, 2.05) is 68.4 Å². The minimum atomic E-state index is -1.07. The number of hydrogen-bond donors (Lipinski definition) is 1. The molecule has 2 heterocycles. The van der Waals surface area contributed by atoms with E-state index in [1.54, 1.807) is 18.0 Å². The number of hydrogen-bond acceptors (Lipinski definition) is 6. The number of imidazole rings is 1. The fourth-order valence-electron chi connectivity index (χ4n) is 4.12. The Hall–Kier alpha value is -3.69. The highest BCUT2D eigenvalue weighted by Crippen LogP contribution is 2.22. The van der Waals surface area contributed by atoms with Crippen molar-refractivity contribution < 1.29 is 14.6 Å². The van der Waals surface area contributed by atoms with Crippen LogP contribution in [0.15, 0.2) is 70.5 Å². The third-order valence-corrected chi connectivity index (χ3v) is 5.86.